The van der Waals surface area contributed by atoms with Crippen molar-refractivity contribution >= 4 is 29.6 Å². The van der Waals surface area contributed by atoms with E-state index in [1.165, 1.54) is 6.92 Å². The van der Waals surface area contributed by atoms with Gasteiger partial charge in [0, 0.05) is 0 Å². The second-order valence-corrected chi connectivity index (χ2v) is 8.14. The highest BCUT2D eigenvalue weighted by atomic mass is 16.4. The highest BCUT2D eigenvalue weighted by Gasteiger charge is 2.33. The lowest BCUT2D eigenvalue weighted by Crippen LogP contribution is -2.59. The van der Waals surface area contributed by atoms with Crippen LogP contribution in [0.1, 0.15) is 46.5 Å². The molecule has 4 amide bonds. The Morgan fingerprint density at radius 1 is 1.03 bits per heavy atom. The van der Waals surface area contributed by atoms with Crippen LogP contribution >= 0.6 is 0 Å². The SMILES string of the molecule is CC(C)CC(NC(=O)C1CCCN1)C(=O)NC(CC(N)=O)C(=O)NC(C(=O)O)C(C)O. The Kier molecular flexibility index (Phi) is 10.4. The summed E-state index contributed by atoms with van der Waals surface area (Å²) >= 11 is 0. The smallest absolute Gasteiger partial charge is 0.328 e. The van der Waals surface area contributed by atoms with Gasteiger partial charge in [0.1, 0.15) is 12.1 Å². The van der Waals surface area contributed by atoms with E-state index in [0.717, 1.165) is 6.42 Å². The van der Waals surface area contributed by atoms with Crippen LogP contribution in [0.25, 0.3) is 0 Å². The van der Waals surface area contributed by atoms with Gasteiger partial charge < -0.3 is 37.2 Å². The largest absolute Gasteiger partial charge is 0.480 e. The molecule has 31 heavy (non-hydrogen) atoms. The lowest BCUT2D eigenvalue weighted by atomic mass is 10.0. The van der Waals surface area contributed by atoms with Crippen molar-refractivity contribution in [2.75, 3.05) is 6.54 Å². The van der Waals surface area contributed by atoms with E-state index in [9.17, 15) is 29.1 Å². The first-order chi connectivity index (χ1) is 14.4. The second kappa shape index (κ2) is 12.2. The zero-order valence-electron chi connectivity index (χ0n) is 18.0. The Bertz CT molecular complexity index is 677. The molecular formula is C19H33N5O7. The molecule has 1 fully saturated rings. The first-order valence-electron chi connectivity index (χ1n) is 10.3. The van der Waals surface area contributed by atoms with Gasteiger partial charge in [-0.15, -0.1) is 0 Å². The van der Waals surface area contributed by atoms with Crippen molar-refractivity contribution < 1.29 is 34.2 Å². The number of nitrogens with one attached hydrogen (secondary N) is 4. The van der Waals surface area contributed by atoms with Crippen LogP contribution in [0.3, 0.4) is 0 Å². The predicted molar refractivity (Wildman–Crippen MR) is 109 cm³/mol. The standard InChI is InChI=1S/C19H33N5O7/c1-9(2)7-12(22-16(27)11-5-4-6-21-11)17(28)23-13(8-14(20)26)18(29)24-15(10(3)25)19(30)31/h9-13,15,21,25H,4-8H2,1-3H3,(H2,20,26)(H,22,27)(H,23,28)(H,24,29)(H,30,31). The molecule has 12 heteroatoms. The van der Waals surface area contributed by atoms with Crippen molar-refractivity contribution in [1.29, 1.82) is 0 Å². The maximum absolute atomic E-state index is 12.8. The van der Waals surface area contributed by atoms with E-state index in [4.69, 9.17) is 10.8 Å². The molecule has 0 spiro atoms. The number of amides is 4. The maximum atomic E-state index is 12.8. The first-order valence-corrected chi connectivity index (χ1v) is 10.3. The summed E-state index contributed by atoms with van der Waals surface area (Å²) in [6.07, 6.45) is -0.242. The van der Waals surface area contributed by atoms with Gasteiger partial charge in [-0.2, -0.15) is 0 Å². The highest BCUT2D eigenvalue weighted by molar-refractivity contribution is 5.96. The number of hydrogen-bond acceptors (Lipinski definition) is 7. The third-order valence-electron chi connectivity index (χ3n) is 4.80. The molecule has 8 N–H and O–H groups in total. The first kappa shape index (κ1) is 26.3. The van der Waals surface area contributed by atoms with Crippen molar-refractivity contribution in [3.63, 3.8) is 0 Å². The average molecular weight is 444 g/mol. The van der Waals surface area contributed by atoms with Crippen LogP contribution in [0.15, 0.2) is 0 Å². The number of aliphatic hydroxyl groups excluding tert-OH is 1. The van der Waals surface area contributed by atoms with Gasteiger partial charge in [0.05, 0.1) is 18.6 Å². The second-order valence-electron chi connectivity index (χ2n) is 8.14. The van der Waals surface area contributed by atoms with E-state index in [2.05, 4.69) is 21.3 Å². The minimum absolute atomic E-state index is 0.0302. The predicted octanol–water partition coefficient (Wildman–Crippen LogP) is -2.42. The quantitative estimate of drug-likeness (QED) is 0.173. The summed E-state index contributed by atoms with van der Waals surface area (Å²) in [5.41, 5.74) is 5.16. The number of aliphatic carboxylic acids is 1. The van der Waals surface area contributed by atoms with E-state index in [1.54, 1.807) is 0 Å². The molecule has 0 aromatic rings. The van der Waals surface area contributed by atoms with Crippen LogP contribution < -0.4 is 27.0 Å². The molecule has 0 saturated carbocycles. The van der Waals surface area contributed by atoms with Gasteiger partial charge in [-0.25, -0.2) is 4.79 Å². The van der Waals surface area contributed by atoms with Gasteiger partial charge in [0.15, 0.2) is 6.04 Å². The molecule has 1 rings (SSSR count). The molecule has 5 unspecified atom stereocenters. The summed E-state index contributed by atoms with van der Waals surface area (Å²) in [6.45, 7) is 5.59. The molecule has 1 heterocycles. The molecule has 12 nitrogen and oxygen atoms in total. The monoisotopic (exact) mass is 443 g/mol. The van der Waals surface area contributed by atoms with Crippen LogP contribution in [0.5, 0.6) is 0 Å². The van der Waals surface area contributed by atoms with Crippen molar-refractivity contribution in [3.05, 3.63) is 0 Å². The summed E-state index contributed by atoms with van der Waals surface area (Å²) in [6, 6.07) is -4.49. The lowest BCUT2D eigenvalue weighted by Gasteiger charge is -2.26. The number of aliphatic hydroxyl groups is 1. The Morgan fingerprint density at radius 3 is 2.10 bits per heavy atom. The Balaban J connectivity index is 2.93. The Labute approximate surface area is 180 Å². The van der Waals surface area contributed by atoms with Crippen molar-refractivity contribution in [3.8, 4) is 0 Å². The minimum atomic E-state index is -1.64. The number of carboxylic acids is 1. The molecule has 176 valence electrons. The third-order valence-corrected chi connectivity index (χ3v) is 4.80. The van der Waals surface area contributed by atoms with E-state index < -0.39 is 60.4 Å². The molecule has 0 aromatic heterocycles. The van der Waals surface area contributed by atoms with Gasteiger partial charge in [-0.05, 0) is 38.6 Å². The molecule has 0 aromatic carbocycles. The fraction of sp³-hybridized carbons (Fsp3) is 0.737. The summed E-state index contributed by atoms with van der Waals surface area (Å²) in [4.78, 5) is 60.4. The van der Waals surface area contributed by atoms with E-state index >= 15 is 0 Å². The van der Waals surface area contributed by atoms with E-state index in [1.807, 2.05) is 13.8 Å². The number of carboxylic acid groups (broad SMARTS) is 1. The van der Waals surface area contributed by atoms with E-state index in [0.29, 0.717) is 13.0 Å². The van der Waals surface area contributed by atoms with Crippen molar-refractivity contribution in [2.45, 2.75) is 76.7 Å². The molecule has 0 bridgehead atoms. The molecule has 0 radical (unpaired) electrons. The van der Waals surface area contributed by atoms with Gasteiger partial charge in [0.25, 0.3) is 0 Å². The molecule has 5 atom stereocenters. The van der Waals surface area contributed by atoms with Gasteiger partial charge >= 0.3 is 5.97 Å². The molecule has 1 saturated heterocycles. The topological polar surface area (TPSA) is 200 Å². The minimum Gasteiger partial charge on any atom is -0.480 e. The number of rotatable bonds is 12. The third kappa shape index (κ3) is 8.89. The van der Waals surface area contributed by atoms with Crippen LogP contribution in [0, 0.1) is 5.92 Å². The number of primary amides is 1. The summed E-state index contributed by atoms with van der Waals surface area (Å²) < 4.78 is 0. The Morgan fingerprint density at radius 2 is 1.65 bits per heavy atom. The van der Waals surface area contributed by atoms with Crippen LogP contribution in [-0.2, 0) is 24.0 Å². The molecule has 1 aliphatic rings. The fourth-order valence-corrected chi connectivity index (χ4v) is 3.21. The molecule has 0 aliphatic carbocycles. The number of nitrogens with two attached hydrogens (primary N) is 1. The summed E-state index contributed by atoms with van der Waals surface area (Å²) in [5.74, 6) is -4.39. The zero-order valence-corrected chi connectivity index (χ0v) is 18.0. The van der Waals surface area contributed by atoms with Crippen LogP contribution in [-0.4, -0.2) is 76.6 Å². The number of carbonyl (C=O) groups is 5. The van der Waals surface area contributed by atoms with Crippen molar-refractivity contribution in [2.24, 2.45) is 11.7 Å². The average Bonchev–Trinajstić information content (AvgIpc) is 3.18. The number of carbonyl (C=O) groups excluding carboxylic acids is 4. The summed E-state index contributed by atoms with van der Waals surface area (Å²) in [5, 5.41) is 28.8. The molecular weight excluding hydrogens is 410 g/mol. The van der Waals surface area contributed by atoms with Crippen molar-refractivity contribution in [1.82, 2.24) is 21.3 Å². The lowest BCUT2D eigenvalue weighted by molar-refractivity contribution is -0.145. The van der Waals surface area contributed by atoms with E-state index in [-0.39, 0.29) is 18.2 Å². The zero-order chi connectivity index (χ0) is 23.7. The highest BCUT2D eigenvalue weighted by Crippen LogP contribution is 2.10. The van der Waals surface area contributed by atoms with Crippen LogP contribution in [0.4, 0.5) is 0 Å². The van der Waals surface area contributed by atoms with Crippen LogP contribution in [0.2, 0.25) is 0 Å². The fourth-order valence-electron chi connectivity index (χ4n) is 3.21. The van der Waals surface area contributed by atoms with Gasteiger partial charge in [-0.3, -0.25) is 19.2 Å². The summed E-state index contributed by atoms with van der Waals surface area (Å²) in [7, 11) is 0. The number of hydrogen-bond donors (Lipinski definition) is 7. The Hall–Kier alpha value is -2.73. The normalized spacial score (nSPS) is 19.7. The molecule has 1 aliphatic heterocycles. The maximum Gasteiger partial charge on any atom is 0.328 e. The van der Waals surface area contributed by atoms with Gasteiger partial charge in [-0.1, -0.05) is 13.8 Å². The van der Waals surface area contributed by atoms with Gasteiger partial charge in [0.2, 0.25) is 23.6 Å².